The van der Waals surface area contributed by atoms with Gasteiger partial charge in [0.2, 0.25) is 0 Å². The van der Waals surface area contributed by atoms with Crippen LogP contribution in [0, 0.1) is 13.8 Å². The molecule has 0 radical (unpaired) electrons. The van der Waals surface area contributed by atoms with Crippen LogP contribution in [-0.4, -0.2) is 36.7 Å². The van der Waals surface area contributed by atoms with Gasteiger partial charge in [-0.1, -0.05) is 31.0 Å². The molecule has 0 amide bonds. The molecule has 1 saturated carbocycles. The molecule has 1 aliphatic carbocycles. The van der Waals surface area contributed by atoms with Crippen LogP contribution in [-0.2, 0) is 4.74 Å². The first-order valence-corrected chi connectivity index (χ1v) is 8.35. The highest BCUT2D eigenvalue weighted by Crippen LogP contribution is 2.34. The van der Waals surface area contributed by atoms with E-state index in [4.69, 9.17) is 10.5 Å². The SMILES string of the molecule is Cc1ccc(C(CN)N2CCOC3CCCCC32)cc1C. The van der Waals surface area contributed by atoms with Crippen LogP contribution in [0.4, 0.5) is 0 Å². The molecule has 0 aromatic heterocycles. The Morgan fingerprint density at radius 2 is 2.05 bits per heavy atom. The molecular weight excluding hydrogens is 260 g/mol. The molecule has 1 aromatic carbocycles. The molecule has 0 spiro atoms. The summed E-state index contributed by atoms with van der Waals surface area (Å²) in [6.07, 6.45) is 5.53. The number of morpholine rings is 1. The first-order chi connectivity index (χ1) is 10.2. The first kappa shape index (κ1) is 15.0. The lowest BCUT2D eigenvalue weighted by molar-refractivity contribution is -0.102. The fourth-order valence-corrected chi connectivity index (χ4v) is 3.95. The van der Waals surface area contributed by atoms with Crippen molar-refractivity contribution in [2.45, 2.75) is 57.7 Å². The molecule has 1 aliphatic heterocycles. The van der Waals surface area contributed by atoms with E-state index < -0.39 is 0 Å². The van der Waals surface area contributed by atoms with Crippen LogP contribution in [0.5, 0.6) is 0 Å². The molecule has 2 N–H and O–H groups in total. The van der Waals surface area contributed by atoms with Crippen molar-refractivity contribution >= 4 is 0 Å². The van der Waals surface area contributed by atoms with Crippen LogP contribution < -0.4 is 5.73 Å². The summed E-state index contributed by atoms with van der Waals surface area (Å²) >= 11 is 0. The molecule has 3 heteroatoms. The maximum Gasteiger partial charge on any atom is 0.0731 e. The molecule has 2 aliphatic rings. The highest BCUT2D eigenvalue weighted by Gasteiger charge is 2.37. The predicted molar refractivity (Wildman–Crippen MR) is 86.4 cm³/mol. The fraction of sp³-hybridized carbons (Fsp3) is 0.667. The number of aryl methyl sites for hydroxylation is 2. The molecule has 3 nitrogen and oxygen atoms in total. The number of nitrogens with zero attached hydrogens (tertiary/aromatic N) is 1. The number of hydrogen-bond acceptors (Lipinski definition) is 3. The third kappa shape index (κ3) is 3.01. The summed E-state index contributed by atoms with van der Waals surface area (Å²) in [5, 5.41) is 0. The average Bonchev–Trinajstić information content (AvgIpc) is 2.52. The van der Waals surface area contributed by atoms with Gasteiger partial charge in [0.25, 0.3) is 0 Å². The monoisotopic (exact) mass is 288 g/mol. The van der Waals surface area contributed by atoms with Gasteiger partial charge in [-0.05, 0) is 43.4 Å². The number of ether oxygens (including phenoxy) is 1. The van der Waals surface area contributed by atoms with Gasteiger partial charge in [0.05, 0.1) is 12.7 Å². The quantitative estimate of drug-likeness (QED) is 0.929. The summed E-state index contributed by atoms with van der Waals surface area (Å²) in [6.45, 7) is 6.90. The summed E-state index contributed by atoms with van der Waals surface area (Å²) in [7, 11) is 0. The Morgan fingerprint density at radius 1 is 1.24 bits per heavy atom. The summed E-state index contributed by atoms with van der Waals surface area (Å²) in [4.78, 5) is 2.62. The Labute approximate surface area is 128 Å². The molecular formula is C18H28N2O. The van der Waals surface area contributed by atoms with Crippen molar-refractivity contribution in [1.82, 2.24) is 4.90 Å². The van der Waals surface area contributed by atoms with Gasteiger partial charge in [0, 0.05) is 25.2 Å². The summed E-state index contributed by atoms with van der Waals surface area (Å²) in [5.41, 5.74) is 10.2. The van der Waals surface area contributed by atoms with Crippen molar-refractivity contribution in [2.24, 2.45) is 5.73 Å². The normalized spacial score (nSPS) is 28.1. The van der Waals surface area contributed by atoms with Gasteiger partial charge < -0.3 is 10.5 Å². The molecule has 116 valence electrons. The number of fused-ring (bicyclic) bond motifs is 1. The van der Waals surface area contributed by atoms with Crippen molar-refractivity contribution in [3.05, 3.63) is 34.9 Å². The first-order valence-electron chi connectivity index (χ1n) is 8.35. The van der Waals surface area contributed by atoms with Crippen LogP contribution in [0.2, 0.25) is 0 Å². The highest BCUT2D eigenvalue weighted by atomic mass is 16.5. The van der Waals surface area contributed by atoms with E-state index in [2.05, 4.69) is 36.9 Å². The molecule has 3 unspecified atom stereocenters. The standard InChI is InChI=1S/C18H28N2O/c1-13-7-8-15(11-14(13)2)17(12-19)20-9-10-21-18-6-4-3-5-16(18)20/h7-8,11,16-18H,3-6,9-10,12,19H2,1-2H3. The molecule has 21 heavy (non-hydrogen) atoms. The summed E-state index contributed by atoms with van der Waals surface area (Å²) in [6, 6.07) is 7.70. The van der Waals surface area contributed by atoms with Crippen molar-refractivity contribution in [3.8, 4) is 0 Å². The molecule has 0 bridgehead atoms. The lowest BCUT2D eigenvalue weighted by Gasteiger charge is -2.47. The smallest absolute Gasteiger partial charge is 0.0731 e. The Balaban J connectivity index is 1.85. The van der Waals surface area contributed by atoms with E-state index in [9.17, 15) is 0 Å². The van der Waals surface area contributed by atoms with Crippen LogP contribution >= 0.6 is 0 Å². The number of rotatable bonds is 3. The Morgan fingerprint density at radius 3 is 2.81 bits per heavy atom. The van der Waals surface area contributed by atoms with Gasteiger partial charge in [0.1, 0.15) is 0 Å². The van der Waals surface area contributed by atoms with Crippen LogP contribution in [0.1, 0.15) is 48.4 Å². The molecule has 1 aromatic rings. The number of benzene rings is 1. The van der Waals surface area contributed by atoms with Gasteiger partial charge in [-0.15, -0.1) is 0 Å². The van der Waals surface area contributed by atoms with Gasteiger partial charge >= 0.3 is 0 Å². The van der Waals surface area contributed by atoms with Gasteiger partial charge in [-0.2, -0.15) is 0 Å². The minimum Gasteiger partial charge on any atom is -0.375 e. The number of nitrogens with two attached hydrogens (primary N) is 1. The minimum absolute atomic E-state index is 0.332. The van der Waals surface area contributed by atoms with Gasteiger partial charge in [0.15, 0.2) is 0 Å². The highest BCUT2D eigenvalue weighted by molar-refractivity contribution is 5.32. The molecule has 3 rings (SSSR count). The van der Waals surface area contributed by atoms with Crippen molar-refractivity contribution in [2.75, 3.05) is 19.7 Å². The largest absolute Gasteiger partial charge is 0.375 e. The average molecular weight is 288 g/mol. The maximum absolute atomic E-state index is 6.16. The third-order valence-electron chi connectivity index (χ3n) is 5.31. The van der Waals surface area contributed by atoms with E-state index in [-0.39, 0.29) is 0 Å². The molecule has 1 saturated heterocycles. The Hall–Kier alpha value is -0.900. The van der Waals surface area contributed by atoms with Gasteiger partial charge in [-0.3, -0.25) is 4.90 Å². The van der Waals surface area contributed by atoms with Crippen LogP contribution in [0.15, 0.2) is 18.2 Å². The zero-order chi connectivity index (χ0) is 14.8. The minimum atomic E-state index is 0.332. The van der Waals surface area contributed by atoms with Crippen LogP contribution in [0.25, 0.3) is 0 Å². The van der Waals surface area contributed by atoms with E-state index in [1.165, 1.54) is 42.4 Å². The van der Waals surface area contributed by atoms with Crippen molar-refractivity contribution in [1.29, 1.82) is 0 Å². The van der Waals surface area contributed by atoms with E-state index >= 15 is 0 Å². The topological polar surface area (TPSA) is 38.5 Å². The van der Waals surface area contributed by atoms with E-state index in [1.807, 2.05) is 0 Å². The maximum atomic E-state index is 6.16. The van der Waals surface area contributed by atoms with Crippen molar-refractivity contribution < 1.29 is 4.74 Å². The Bertz CT molecular complexity index is 486. The van der Waals surface area contributed by atoms with Crippen LogP contribution in [0.3, 0.4) is 0 Å². The predicted octanol–water partition coefficient (Wildman–Crippen LogP) is 2.95. The lowest BCUT2D eigenvalue weighted by Crippen LogP contribution is -2.54. The zero-order valence-corrected chi connectivity index (χ0v) is 13.3. The number of hydrogen-bond donors (Lipinski definition) is 1. The molecule has 1 heterocycles. The van der Waals surface area contributed by atoms with Crippen molar-refractivity contribution in [3.63, 3.8) is 0 Å². The second-order valence-corrected chi connectivity index (χ2v) is 6.59. The fourth-order valence-electron chi connectivity index (χ4n) is 3.95. The zero-order valence-electron chi connectivity index (χ0n) is 13.3. The third-order valence-corrected chi connectivity index (χ3v) is 5.31. The summed E-state index contributed by atoms with van der Waals surface area (Å²) < 4.78 is 6.00. The van der Waals surface area contributed by atoms with E-state index in [0.29, 0.717) is 24.7 Å². The lowest BCUT2D eigenvalue weighted by atomic mass is 9.88. The second kappa shape index (κ2) is 6.47. The second-order valence-electron chi connectivity index (χ2n) is 6.59. The Kier molecular flexibility index (Phi) is 4.63. The molecule has 3 atom stereocenters. The molecule has 2 fully saturated rings. The summed E-state index contributed by atoms with van der Waals surface area (Å²) in [5.74, 6) is 0. The van der Waals surface area contributed by atoms with Gasteiger partial charge in [-0.25, -0.2) is 0 Å². The van der Waals surface area contributed by atoms with E-state index in [0.717, 1.165) is 13.2 Å². The van der Waals surface area contributed by atoms with E-state index in [1.54, 1.807) is 0 Å².